The van der Waals surface area contributed by atoms with Gasteiger partial charge in [0.15, 0.2) is 0 Å². The van der Waals surface area contributed by atoms with E-state index in [9.17, 15) is 4.79 Å². The molecular weight excluding hydrogens is 340 g/mol. The maximum absolute atomic E-state index is 12.9. The summed E-state index contributed by atoms with van der Waals surface area (Å²) in [7, 11) is 1.96. The van der Waals surface area contributed by atoms with Crippen molar-refractivity contribution in [2.24, 2.45) is 0 Å². The molecule has 0 aliphatic carbocycles. The summed E-state index contributed by atoms with van der Waals surface area (Å²) in [6.45, 7) is 9.21. The molecule has 7 nitrogen and oxygen atoms in total. The normalized spacial score (nSPS) is 15.0. The van der Waals surface area contributed by atoms with Gasteiger partial charge in [0, 0.05) is 57.9 Å². The van der Waals surface area contributed by atoms with Crippen LogP contribution in [-0.2, 0) is 6.42 Å². The molecule has 1 fully saturated rings. The second-order valence-electron chi connectivity index (χ2n) is 6.95. The minimum absolute atomic E-state index is 0.0000341. The van der Waals surface area contributed by atoms with E-state index in [-0.39, 0.29) is 5.91 Å². The molecule has 0 spiro atoms. The molecule has 1 aliphatic heterocycles. The summed E-state index contributed by atoms with van der Waals surface area (Å²) in [5.74, 6) is 0.597. The molecule has 3 heterocycles. The molecule has 2 aromatic heterocycles. The van der Waals surface area contributed by atoms with E-state index in [4.69, 9.17) is 0 Å². The fourth-order valence-corrected chi connectivity index (χ4v) is 3.21. The third kappa shape index (κ3) is 5.01. The number of rotatable bonds is 6. The van der Waals surface area contributed by atoms with E-state index in [1.165, 1.54) is 5.56 Å². The molecule has 3 rings (SSSR count). The van der Waals surface area contributed by atoms with Gasteiger partial charge in [-0.25, -0.2) is 9.97 Å². The Kier molecular flexibility index (Phi) is 6.34. The average Bonchev–Trinajstić information content (AvgIpc) is 2.71. The van der Waals surface area contributed by atoms with Gasteiger partial charge < -0.3 is 14.7 Å². The lowest BCUT2D eigenvalue weighted by Gasteiger charge is -2.34. The van der Waals surface area contributed by atoms with Crippen LogP contribution < -0.4 is 4.90 Å². The van der Waals surface area contributed by atoms with Crippen molar-refractivity contribution in [2.45, 2.75) is 20.3 Å². The molecule has 0 unspecified atom stereocenters. The Morgan fingerprint density at radius 3 is 2.52 bits per heavy atom. The first-order valence-electron chi connectivity index (χ1n) is 9.54. The van der Waals surface area contributed by atoms with Crippen molar-refractivity contribution < 1.29 is 4.79 Å². The lowest BCUT2D eigenvalue weighted by molar-refractivity contribution is 0.0637. The van der Waals surface area contributed by atoms with Crippen LogP contribution in [0.3, 0.4) is 0 Å². The maximum atomic E-state index is 12.9. The number of pyridine rings is 1. The summed E-state index contributed by atoms with van der Waals surface area (Å²) in [6, 6.07) is 5.81. The molecule has 1 aliphatic rings. The summed E-state index contributed by atoms with van der Waals surface area (Å²) in [4.78, 5) is 32.3. The van der Waals surface area contributed by atoms with Gasteiger partial charge in [0.2, 0.25) is 5.95 Å². The van der Waals surface area contributed by atoms with Crippen LogP contribution in [0.1, 0.15) is 28.7 Å². The van der Waals surface area contributed by atoms with Gasteiger partial charge in [-0.15, -0.1) is 0 Å². The van der Waals surface area contributed by atoms with Gasteiger partial charge >= 0.3 is 0 Å². The topological polar surface area (TPSA) is 65.5 Å². The zero-order valence-corrected chi connectivity index (χ0v) is 16.4. The third-order valence-electron chi connectivity index (χ3n) is 4.99. The maximum Gasteiger partial charge on any atom is 0.272 e. The molecule has 0 atom stereocenters. The lowest BCUT2D eigenvalue weighted by atomic mass is 10.2. The fourth-order valence-electron chi connectivity index (χ4n) is 3.21. The van der Waals surface area contributed by atoms with Crippen molar-refractivity contribution in [3.8, 4) is 0 Å². The van der Waals surface area contributed by atoms with Gasteiger partial charge in [-0.2, -0.15) is 0 Å². The number of carbonyl (C=O) groups excluding carboxylic acids is 1. The summed E-state index contributed by atoms with van der Waals surface area (Å²) in [5.41, 5.74) is 2.51. The smallest absolute Gasteiger partial charge is 0.272 e. The monoisotopic (exact) mass is 368 g/mol. The van der Waals surface area contributed by atoms with E-state index in [1.54, 1.807) is 18.5 Å². The number of anilines is 1. The lowest BCUT2D eigenvalue weighted by Crippen LogP contribution is -2.48. The molecule has 0 radical (unpaired) electrons. The zero-order chi connectivity index (χ0) is 19.2. The number of nitrogens with zero attached hydrogens (tertiary/aromatic N) is 6. The molecule has 2 aromatic rings. The van der Waals surface area contributed by atoms with Crippen molar-refractivity contribution in [1.82, 2.24) is 24.8 Å². The highest BCUT2D eigenvalue weighted by Crippen LogP contribution is 2.13. The molecule has 0 saturated carbocycles. The Balaban J connectivity index is 1.67. The van der Waals surface area contributed by atoms with Crippen LogP contribution >= 0.6 is 0 Å². The highest BCUT2D eigenvalue weighted by Gasteiger charge is 2.23. The standard InChI is InChI=1S/C20H28N6O/c1-4-25-11-13-26(14-12-25)19(27)18-15-16(2)22-20(23-18)24(3)10-7-17-5-8-21-9-6-17/h5-6,8-9,15H,4,7,10-14H2,1-3H3. The van der Waals surface area contributed by atoms with Gasteiger partial charge in [-0.1, -0.05) is 6.92 Å². The summed E-state index contributed by atoms with van der Waals surface area (Å²) in [5, 5.41) is 0. The van der Waals surface area contributed by atoms with E-state index in [1.807, 2.05) is 35.9 Å². The summed E-state index contributed by atoms with van der Waals surface area (Å²) in [6.07, 6.45) is 4.47. The Morgan fingerprint density at radius 1 is 1.15 bits per heavy atom. The van der Waals surface area contributed by atoms with Crippen molar-refractivity contribution >= 4 is 11.9 Å². The molecule has 0 aromatic carbocycles. The highest BCUT2D eigenvalue weighted by atomic mass is 16.2. The van der Waals surface area contributed by atoms with E-state index in [0.29, 0.717) is 11.6 Å². The predicted molar refractivity (Wildman–Crippen MR) is 106 cm³/mol. The number of piperazine rings is 1. The minimum atomic E-state index is 0.0000341. The van der Waals surface area contributed by atoms with Crippen molar-refractivity contribution in [3.05, 3.63) is 47.5 Å². The van der Waals surface area contributed by atoms with E-state index >= 15 is 0 Å². The van der Waals surface area contributed by atoms with Gasteiger partial charge in [-0.05, 0) is 43.7 Å². The largest absolute Gasteiger partial charge is 0.344 e. The first-order chi connectivity index (χ1) is 13.1. The molecule has 0 bridgehead atoms. The van der Waals surface area contributed by atoms with Crippen LogP contribution in [0.4, 0.5) is 5.95 Å². The third-order valence-corrected chi connectivity index (χ3v) is 4.99. The van der Waals surface area contributed by atoms with Gasteiger partial charge in [-0.3, -0.25) is 9.78 Å². The SMILES string of the molecule is CCN1CCN(C(=O)c2cc(C)nc(N(C)CCc3ccncc3)n2)CC1. The van der Waals surface area contributed by atoms with Gasteiger partial charge in [0.1, 0.15) is 5.69 Å². The molecule has 7 heteroatoms. The number of carbonyl (C=O) groups is 1. The van der Waals surface area contributed by atoms with E-state index < -0.39 is 0 Å². The molecule has 1 saturated heterocycles. The second-order valence-corrected chi connectivity index (χ2v) is 6.95. The van der Waals surface area contributed by atoms with Crippen molar-refractivity contribution in [2.75, 3.05) is 51.2 Å². The zero-order valence-electron chi connectivity index (χ0n) is 16.4. The quantitative estimate of drug-likeness (QED) is 0.772. The number of aryl methyl sites for hydroxylation is 1. The van der Waals surface area contributed by atoms with Crippen LogP contribution in [-0.4, -0.2) is 77.0 Å². The van der Waals surface area contributed by atoms with E-state index in [0.717, 1.165) is 51.4 Å². The summed E-state index contributed by atoms with van der Waals surface area (Å²) < 4.78 is 0. The van der Waals surface area contributed by atoms with Crippen LogP contribution in [0.25, 0.3) is 0 Å². The van der Waals surface area contributed by atoms with Crippen molar-refractivity contribution in [3.63, 3.8) is 0 Å². The van der Waals surface area contributed by atoms with Crippen molar-refractivity contribution in [1.29, 1.82) is 0 Å². The molecule has 1 amide bonds. The number of hydrogen-bond donors (Lipinski definition) is 0. The molecule has 144 valence electrons. The molecular formula is C20H28N6O. The molecule has 27 heavy (non-hydrogen) atoms. The summed E-state index contributed by atoms with van der Waals surface area (Å²) >= 11 is 0. The second kappa shape index (κ2) is 8.90. The van der Waals surface area contributed by atoms with Gasteiger partial charge in [0.05, 0.1) is 0 Å². The Bertz CT molecular complexity index is 758. The Morgan fingerprint density at radius 2 is 1.85 bits per heavy atom. The first-order valence-corrected chi connectivity index (χ1v) is 9.54. The number of hydrogen-bond acceptors (Lipinski definition) is 6. The van der Waals surface area contributed by atoms with Crippen LogP contribution in [0.5, 0.6) is 0 Å². The van der Waals surface area contributed by atoms with Gasteiger partial charge in [0.25, 0.3) is 5.91 Å². The Labute approximate surface area is 161 Å². The minimum Gasteiger partial charge on any atom is -0.344 e. The Hall–Kier alpha value is -2.54. The average molecular weight is 368 g/mol. The van der Waals surface area contributed by atoms with Crippen LogP contribution in [0, 0.1) is 6.92 Å². The van der Waals surface area contributed by atoms with Crippen LogP contribution in [0.2, 0.25) is 0 Å². The predicted octanol–water partition coefficient (Wildman–Crippen LogP) is 1.64. The van der Waals surface area contributed by atoms with E-state index in [2.05, 4.69) is 26.8 Å². The fraction of sp³-hybridized carbons (Fsp3) is 0.500. The molecule has 0 N–H and O–H groups in total. The number of amides is 1. The highest BCUT2D eigenvalue weighted by molar-refractivity contribution is 5.92. The first kappa shape index (κ1) is 19.2. The number of likely N-dealkylation sites (N-methyl/N-ethyl adjacent to an activating group) is 2. The number of aromatic nitrogens is 3. The van der Waals surface area contributed by atoms with Crippen LogP contribution in [0.15, 0.2) is 30.6 Å².